The molecule has 4 rings (SSSR count). The van der Waals surface area contributed by atoms with Crippen molar-refractivity contribution in [3.05, 3.63) is 64.9 Å². The van der Waals surface area contributed by atoms with E-state index in [0.717, 1.165) is 30.6 Å². The molecule has 0 saturated carbocycles. The molecule has 1 unspecified atom stereocenters. The average molecular weight is 497 g/mol. The van der Waals surface area contributed by atoms with Gasteiger partial charge in [0.15, 0.2) is 0 Å². The van der Waals surface area contributed by atoms with Crippen molar-refractivity contribution in [2.24, 2.45) is 0 Å². The van der Waals surface area contributed by atoms with Crippen LogP contribution in [0.2, 0.25) is 0 Å². The molecule has 2 N–H and O–H groups in total. The minimum absolute atomic E-state index is 0.0594. The third-order valence-corrected chi connectivity index (χ3v) is 6.66. The van der Waals surface area contributed by atoms with Crippen LogP contribution in [0.5, 0.6) is 0 Å². The van der Waals surface area contributed by atoms with Crippen LogP contribution in [0.4, 0.5) is 25.0 Å². The summed E-state index contributed by atoms with van der Waals surface area (Å²) in [5.74, 6) is -2.47. The van der Waals surface area contributed by atoms with Crippen molar-refractivity contribution in [3.63, 3.8) is 0 Å². The van der Waals surface area contributed by atoms with Crippen molar-refractivity contribution >= 4 is 35.3 Å². The monoisotopic (exact) mass is 496 g/mol. The van der Waals surface area contributed by atoms with Gasteiger partial charge in [-0.3, -0.25) is 9.59 Å². The fourth-order valence-electron chi connectivity index (χ4n) is 5.05. The molecule has 0 spiro atoms. The first-order valence-electron chi connectivity index (χ1n) is 12.0. The maximum absolute atomic E-state index is 15.2. The van der Waals surface area contributed by atoms with Gasteiger partial charge in [0.2, 0.25) is 5.91 Å². The number of imide groups is 1. The maximum atomic E-state index is 15.2. The summed E-state index contributed by atoms with van der Waals surface area (Å²) >= 11 is 0. The highest BCUT2D eigenvalue weighted by atomic mass is 19.1. The lowest BCUT2D eigenvalue weighted by atomic mass is 9.79. The zero-order chi connectivity index (χ0) is 26.2. The number of halogens is 2. The van der Waals surface area contributed by atoms with Crippen LogP contribution in [-0.4, -0.2) is 41.4 Å². The number of urea groups is 1. The number of rotatable bonds is 6. The molecule has 190 valence electrons. The number of amides is 4. The van der Waals surface area contributed by atoms with E-state index in [2.05, 4.69) is 43.2 Å². The highest BCUT2D eigenvalue weighted by Crippen LogP contribution is 2.44. The molecule has 0 aliphatic carbocycles. The van der Waals surface area contributed by atoms with Gasteiger partial charge in [0.25, 0.3) is 5.91 Å². The van der Waals surface area contributed by atoms with E-state index in [9.17, 15) is 18.8 Å². The fraction of sp³-hybridized carbons (Fsp3) is 0.370. The van der Waals surface area contributed by atoms with Crippen molar-refractivity contribution in [2.75, 3.05) is 23.3 Å². The highest BCUT2D eigenvalue weighted by Gasteiger charge is 2.38. The standard InChI is InChI=1S/C27H30F2N4O3/c1-5-10-33-23-13-20(29)17(11-18(23)16(2)14-27(33,3)4)12-22-25(35)32(26(36)31-22)15-24(34)30-21-9-7-6-8-19(21)28/h6-9,11-13,16H,5,10,14-15H2,1-4H3,(H,30,34)(H,31,36)/b22-12+. The van der Waals surface area contributed by atoms with Crippen molar-refractivity contribution in [2.45, 2.75) is 52.0 Å². The van der Waals surface area contributed by atoms with Gasteiger partial charge in [0.1, 0.15) is 23.9 Å². The molecular formula is C27H30F2N4O3. The molecule has 2 heterocycles. The molecule has 4 amide bonds. The SMILES string of the molecule is CCCN1c2cc(F)c(/C=C3/NC(=O)N(CC(=O)Nc4ccccc4F)C3=O)cc2C(C)CC1(C)C. The molecule has 1 fully saturated rings. The van der Waals surface area contributed by atoms with E-state index in [4.69, 9.17) is 0 Å². The quantitative estimate of drug-likeness (QED) is 0.436. The van der Waals surface area contributed by atoms with Gasteiger partial charge in [0, 0.05) is 23.3 Å². The molecule has 2 aromatic carbocycles. The molecule has 36 heavy (non-hydrogen) atoms. The minimum Gasteiger partial charge on any atom is -0.366 e. The summed E-state index contributed by atoms with van der Waals surface area (Å²) < 4.78 is 29.0. The number of fused-ring (bicyclic) bond motifs is 1. The molecule has 1 atom stereocenters. The smallest absolute Gasteiger partial charge is 0.329 e. The van der Waals surface area contributed by atoms with Crippen LogP contribution in [-0.2, 0) is 9.59 Å². The molecule has 1 saturated heterocycles. The topological polar surface area (TPSA) is 81.8 Å². The van der Waals surface area contributed by atoms with Crippen LogP contribution in [0.3, 0.4) is 0 Å². The van der Waals surface area contributed by atoms with Crippen molar-refractivity contribution in [1.82, 2.24) is 10.2 Å². The van der Waals surface area contributed by atoms with Gasteiger partial charge < -0.3 is 15.5 Å². The molecule has 2 aliphatic heterocycles. The molecule has 2 aliphatic rings. The summed E-state index contributed by atoms with van der Waals surface area (Å²) in [4.78, 5) is 40.5. The lowest BCUT2D eigenvalue weighted by molar-refractivity contribution is -0.127. The second-order valence-electron chi connectivity index (χ2n) is 9.91. The van der Waals surface area contributed by atoms with Gasteiger partial charge in [-0.05, 0) is 68.5 Å². The molecule has 7 nitrogen and oxygen atoms in total. The van der Waals surface area contributed by atoms with Crippen LogP contribution >= 0.6 is 0 Å². The van der Waals surface area contributed by atoms with E-state index in [0.29, 0.717) is 4.90 Å². The number of benzene rings is 2. The zero-order valence-electron chi connectivity index (χ0n) is 20.8. The average Bonchev–Trinajstić information content (AvgIpc) is 3.06. The van der Waals surface area contributed by atoms with Gasteiger partial charge in [-0.15, -0.1) is 0 Å². The predicted octanol–water partition coefficient (Wildman–Crippen LogP) is 5.00. The Kier molecular flexibility index (Phi) is 6.84. The largest absolute Gasteiger partial charge is 0.366 e. The number of hydrogen-bond donors (Lipinski definition) is 2. The lowest BCUT2D eigenvalue weighted by Gasteiger charge is -2.47. The Bertz CT molecular complexity index is 1260. The third kappa shape index (κ3) is 4.82. The Morgan fingerprint density at radius 3 is 2.61 bits per heavy atom. The summed E-state index contributed by atoms with van der Waals surface area (Å²) in [7, 11) is 0. The molecule has 2 aromatic rings. The van der Waals surface area contributed by atoms with Crippen molar-refractivity contribution in [1.29, 1.82) is 0 Å². The predicted molar refractivity (Wildman–Crippen MR) is 134 cm³/mol. The number of nitrogens with zero attached hydrogens (tertiary/aromatic N) is 2. The van der Waals surface area contributed by atoms with E-state index in [1.807, 2.05) is 0 Å². The Hall–Kier alpha value is -3.75. The fourth-order valence-corrected chi connectivity index (χ4v) is 5.05. The Morgan fingerprint density at radius 1 is 1.19 bits per heavy atom. The highest BCUT2D eigenvalue weighted by molar-refractivity contribution is 6.16. The van der Waals surface area contributed by atoms with Gasteiger partial charge in [0.05, 0.1) is 5.69 Å². The molecule has 9 heteroatoms. The van der Waals surface area contributed by atoms with E-state index in [1.54, 1.807) is 12.1 Å². The lowest BCUT2D eigenvalue weighted by Crippen LogP contribution is -2.48. The summed E-state index contributed by atoms with van der Waals surface area (Å²) in [5.41, 5.74) is 1.69. The number of para-hydroxylation sites is 1. The van der Waals surface area contributed by atoms with E-state index in [-0.39, 0.29) is 28.4 Å². The van der Waals surface area contributed by atoms with Gasteiger partial charge >= 0.3 is 6.03 Å². The normalized spacial score (nSPS) is 19.9. The van der Waals surface area contributed by atoms with Crippen LogP contribution in [0.25, 0.3) is 6.08 Å². The second-order valence-corrected chi connectivity index (χ2v) is 9.91. The second kappa shape index (κ2) is 9.72. The summed E-state index contributed by atoms with van der Waals surface area (Å²) in [5, 5.41) is 4.75. The number of carbonyl (C=O) groups excluding carboxylic acids is 3. The van der Waals surface area contributed by atoms with Crippen LogP contribution in [0.1, 0.15) is 57.6 Å². The third-order valence-electron chi connectivity index (χ3n) is 6.66. The zero-order valence-corrected chi connectivity index (χ0v) is 20.8. The van der Waals surface area contributed by atoms with Crippen LogP contribution in [0, 0.1) is 11.6 Å². The molecule has 0 radical (unpaired) electrons. The van der Waals surface area contributed by atoms with Crippen LogP contribution in [0.15, 0.2) is 42.1 Å². The molecule has 0 aromatic heterocycles. The Labute approximate surface area is 209 Å². The van der Waals surface area contributed by atoms with Crippen molar-refractivity contribution in [3.8, 4) is 0 Å². The van der Waals surface area contributed by atoms with E-state index >= 15 is 4.39 Å². The van der Waals surface area contributed by atoms with E-state index in [1.165, 1.54) is 30.3 Å². The minimum atomic E-state index is -0.808. The number of anilines is 2. The first-order chi connectivity index (χ1) is 17.0. The van der Waals surface area contributed by atoms with Crippen molar-refractivity contribution < 1.29 is 23.2 Å². The first-order valence-corrected chi connectivity index (χ1v) is 12.0. The number of nitrogens with one attached hydrogen (secondary N) is 2. The molecular weight excluding hydrogens is 466 g/mol. The molecule has 0 bridgehead atoms. The Morgan fingerprint density at radius 2 is 1.92 bits per heavy atom. The summed E-state index contributed by atoms with van der Waals surface area (Å²) in [6.07, 6.45) is 3.11. The summed E-state index contributed by atoms with van der Waals surface area (Å²) in [6, 6.07) is 7.99. The Balaban J connectivity index is 1.57. The number of hydrogen-bond acceptors (Lipinski definition) is 4. The van der Waals surface area contributed by atoms with Gasteiger partial charge in [-0.1, -0.05) is 26.0 Å². The first kappa shape index (κ1) is 25.3. The van der Waals surface area contributed by atoms with Crippen LogP contribution < -0.4 is 15.5 Å². The number of carbonyl (C=O) groups is 3. The van der Waals surface area contributed by atoms with E-state index < -0.39 is 36.0 Å². The summed E-state index contributed by atoms with van der Waals surface area (Å²) in [6.45, 7) is 8.67. The maximum Gasteiger partial charge on any atom is 0.329 e. The van der Waals surface area contributed by atoms with Gasteiger partial charge in [-0.2, -0.15) is 0 Å². The van der Waals surface area contributed by atoms with Gasteiger partial charge in [-0.25, -0.2) is 18.5 Å².